The van der Waals surface area contributed by atoms with Crippen molar-refractivity contribution in [2.24, 2.45) is 0 Å². The molecule has 1 heterocycles. The van der Waals surface area contributed by atoms with Crippen LogP contribution in [0.2, 0.25) is 0 Å². The van der Waals surface area contributed by atoms with Gasteiger partial charge in [0.15, 0.2) is 11.6 Å². The summed E-state index contributed by atoms with van der Waals surface area (Å²) in [6.45, 7) is 1.78. The Morgan fingerprint density at radius 2 is 1.65 bits per heavy atom. The molecule has 6 heteroatoms. The van der Waals surface area contributed by atoms with Gasteiger partial charge in [0.25, 0.3) is 0 Å². The molecular formula is C17H19FN2O3. The summed E-state index contributed by atoms with van der Waals surface area (Å²) in [6, 6.07) is 2.81. The molecule has 0 bridgehead atoms. The second-order valence-electron chi connectivity index (χ2n) is 4.55. The van der Waals surface area contributed by atoms with E-state index in [1.165, 1.54) is 19.2 Å². The van der Waals surface area contributed by atoms with Crippen LogP contribution in [0.4, 0.5) is 4.39 Å². The van der Waals surface area contributed by atoms with E-state index in [0.29, 0.717) is 17.7 Å². The quantitative estimate of drug-likeness (QED) is 0.810. The zero-order valence-electron chi connectivity index (χ0n) is 13.5. The maximum Gasteiger partial charge on any atom is 0.172 e. The lowest BCUT2D eigenvalue weighted by Crippen LogP contribution is -1.94. The fourth-order valence-corrected chi connectivity index (χ4v) is 1.65. The third-order valence-corrected chi connectivity index (χ3v) is 2.70. The summed E-state index contributed by atoms with van der Waals surface area (Å²) in [6.07, 6.45) is 7.15. The molecule has 0 fully saturated rings. The topological polar surface area (TPSA) is 61.3 Å². The maximum atomic E-state index is 14.0. The van der Waals surface area contributed by atoms with Crippen molar-refractivity contribution < 1.29 is 18.7 Å². The smallest absolute Gasteiger partial charge is 0.172 e. The fraction of sp³-hybridized carbons (Fsp3) is 0.235. The molecule has 0 N–H and O–H groups in total. The Labute approximate surface area is 134 Å². The molecule has 1 aromatic heterocycles. The van der Waals surface area contributed by atoms with E-state index in [4.69, 9.17) is 4.74 Å². The second-order valence-corrected chi connectivity index (χ2v) is 4.55. The van der Waals surface area contributed by atoms with Crippen molar-refractivity contribution in [3.8, 4) is 5.75 Å². The fourth-order valence-electron chi connectivity index (χ4n) is 1.65. The van der Waals surface area contributed by atoms with E-state index < -0.39 is 5.82 Å². The summed E-state index contributed by atoms with van der Waals surface area (Å²) in [5.74, 6) is 0.190. The van der Waals surface area contributed by atoms with Crippen molar-refractivity contribution >= 4 is 18.4 Å². The van der Waals surface area contributed by atoms with E-state index in [9.17, 15) is 9.18 Å². The van der Waals surface area contributed by atoms with E-state index in [2.05, 4.69) is 14.7 Å². The Hall–Kier alpha value is -2.60. The van der Waals surface area contributed by atoms with Gasteiger partial charge in [0.05, 0.1) is 7.11 Å². The van der Waals surface area contributed by atoms with Gasteiger partial charge in [-0.3, -0.25) is 4.79 Å². The molecule has 122 valence electrons. The lowest BCUT2D eigenvalue weighted by atomic mass is 10.1. The molecule has 23 heavy (non-hydrogen) atoms. The Morgan fingerprint density at radius 3 is 2.17 bits per heavy atom. The Bertz CT molecular complexity index is 670. The first-order valence-electron chi connectivity index (χ1n) is 6.75. The molecule has 0 aliphatic rings. The third-order valence-electron chi connectivity index (χ3n) is 2.70. The zero-order valence-corrected chi connectivity index (χ0v) is 13.5. The molecule has 0 aliphatic heterocycles. The third kappa shape index (κ3) is 5.60. The van der Waals surface area contributed by atoms with Crippen LogP contribution in [-0.4, -0.2) is 37.6 Å². The highest BCUT2D eigenvalue weighted by Crippen LogP contribution is 2.23. The van der Waals surface area contributed by atoms with Gasteiger partial charge in [-0.15, -0.1) is 0 Å². The number of benzene rings is 1. The van der Waals surface area contributed by atoms with Gasteiger partial charge in [0.2, 0.25) is 0 Å². The van der Waals surface area contributed by atoms with Crippen LogP contribution in [0.1, 0.15) is 27.3 Å². The van der Waals surface area contributed by atoms with Crippen LogP contribution in [0.3, 0.4) is 0 Å². The molecule has 0 unspecified atom stereocenters. The number of methoxy groups -OCH3 is 2. The summed E-state index contributed by atoms with van der Waals surface area (Å²) in [5.41, 5.74) is 1.36. The number of hydrogen-bond acceptors (Lipinski definition) is 5. The first-order chi connectivity index (χ1) is 11.0. The van der Waals surface area contributed by atoms with Gasteiger partial charge >= 0.3 is 0 Å². The van der Waals surface area contributed by atoms with Crippen molar-refractivity contribution in [3.05, 3.63) is 52.9 Å². The number of carbonyl (C=O) groups is 1. The summed E-state index contributed by atoms with van der Waals surface area (Å²) in [5, 5.41) is 0. The number of nitrogens with zero attached hydrogens (tertiary/aromatic N) is 2. The Morgan fingerprint density at radius 1 is 1.04 bits per heavy atom. The number of ether oxygens (including phenoxy) is 2. The van der Waals surface area contributed by atoms with Gasteiger partial charge in [0, 0.05) is 43.3 Å². The van der Waals surface area contributed by atoms with Crippen molar-refractivity contribution in [1.82, 2.24) is 9.97 Å². The van der Waals surface area contributed by atoms with E-state index in [0.717, 1.165) is 5.56 Å². The number of aryl methyl sites for hydroxylation is 1. The monoisotopic (exact) mass is 318 g/mol. The minimum Gasteiger partial charge on any atom is -0.494 e. The molecule has 2 aromatic rings. The van der Waals surface area contributed by atoms with E-state index >= 15 is 0 Å². The van der Waals surface area contributed by atoms with Crippen LogP contribution in [0.5, 0.6) is 5.75 Å². The van der Waals surface area contributed by atoms with Crippen LogP contribution in [0.15, 0.2) is 24.5 Å². The first kappa shape index (κ1) is 18.4. The lowest BCUT2D eigenvalue weighted by molar-refractivity contribution is 0.112. The normalized spacial score (nSPS) is 10.1. The average Bonchev–Trinajstić information content (AvgIpc) is 2.56. The number of aromatic nitrogens is 2. The lowest BCUT2D eigenvalue weighted by Gasteiger charge is -2.05. The number of carbonyl (C=O) groups excluding carboxylic acids is 1. The summed E-state index contributed by atoms with van der Waals surface area (Å²) >= 11 is 0. The second kappa shape index (κ2) is 9.42. The van der Waals surface area contributed by atoms with Gasteiger partial charge in [-0.1, -0.05) is 12.2 Å². The first-order valence-corrected chi connectivity index (χ1v) is 6.75. The standard InChI is InChI=1S/C15H13FN2O2.C2H6O/c1-10-17-7-11(8-18-10)3-4-13-5-12(9-19)6-14(20-2)15(13)16;1-3-2/h3-9H,1-2H3;1-2H3/b4-3+;. The largest absolute Gasteiger partial charge is 0.494 e. The minimum absolute atomic E-state index is 0.0365. The van der Waals surface area contributed by atoms with Crippen molar-refractivity contribution in [1.29, 1.82) is 0 Å². The molecule has 0 amide bonds. The molecule has 1 aromatic carbocycles. The van der Waals surface area contributed by atoms with Crippen molar-refractivity contribution in [3.63, 3.8) is 0 Å². The van der Waals surface area contributed by atoms with Gasteiger partial charge in [0.1, 0.15) is 12.1 Å². The predicted octanol–water partition coefficient (Wildman–Crippen LogP) is 3.18. The number of rotatable bonds is 4. The van der Waals surface area contributed by atoms with Crippen LogP contribution in [0.25, 0.3) is 12.2 Å². The number of hydrogen-bond donors (Lipinski definition) is 0. The van der Waals surface area contributed by atoms with E-state index in [-0.39, 0.29) is 11.3 Å². The molecule has 0 atom stereocenters. The molecule has 0 radical (unpaired) electrons. The van der Waals surface area contributed by atoms with Crippen LogP contribution in [0, 0.1) is 12.7 Å². The van der Waals surface area contributed by atoms with Crippen LogP contribution >= 0.6 is 0 Å². The minimum atomic E-state index is -0.512. The highest BCUT2D eigenvalue weighted by atomic mass is 19.1. The summed E-state index contributed by atoms with van der Waals surface area (Å²) < 4.78 is 23.2. The molecule has 0 spiro atoms. The molecule has 2 rings (SSSR count). The summed E-state index contributed by atoms with van der Waals surface area (Å²) in [7, 11) is 4.61. The van der Waals surface area contributed by atoms with E-state index in [1.807, 2.05) is 0 Å². The molecular weight excluding hydrogens is 299 g/mol. The maximum absolute atomic E-state index is 14.0. The molecule has 0 saturated heterocycles. The van der Waals surface area contributed by atoms with Gasteiger partial charge in [-0.05, 0) is 19.1 Å². The van der Waals surface area contributed by atoms with Crippen LogP contribution in [-0.2, 0) is 4.74 Å². The Kier molecular flexibility index (Phi) is 7.56. The Balaban J connectivity index is 0.000000816. The molecule has 5 nitrogen and oxygen atoms in total. The highest BCUT2D eigenvalue weighted by Gasteiger charge is 2.09. The SMILES string of the molecule is COC.COc1cc(C=O)cc(/C=C/c2cnc(C)nc2)c1F. The van der Waals surface area contributed by atoms with Gasteiger partial charge in [-0.25, -0.2) is 14.4 Å². The van der Waals surface area contributed by atoms with E-state index in [1.54, 1.807) is 45.7 Å². The van der Waals surface area contributed by atoms with Gasteiger partial charge in [-0.2, -0.15) is 0 Å². The van der Waals surface area contributed by atoms with Crippen LogP contribution < -0.4 is 4.74 Å². The van der Waals surface area contributed by atoms with Crippen molar-refractivity contribution in [2.45, 2.75) is 6.92 Å². The van der Waals surface area contributed by atoms with Crippen molar-refractivity contribution in [2.75, 3.05) is 21.3 Å². The predicted molar refractivity (Wildman–Crippen MR) is 87.0 cm³/mol. The number of halogens is 1. The summed E-state index contributed by atoms with van der Waals surface area (Å²) in [4.78, 5) is 18.9. The average molecular weight is 318 g/mol. The molecule has 0 saturated carbocycles. The molecule has 0 aliphatic carbocycles. The van der Waals surface area contributed by atoms with Gasteiger partial charge < -0.3 is 9.47 Å². The number of aldehydes is 1. The highest BCUT2D eigenvalue weighted by molar-refractivity contribution is 5.79. The zero-order chi connectivity index (χ0) is 17.2.